The lowest BCUT2D eigenvalue weighted by Crippen LogP contribution is -2.30. The second-order valence-corrected chi connectivity index (χ2v) is 7.77. The highest BCUT2D eigenvalue weighted by molar-refractivity contribution is 7.88. The molecule has 1 atom stereocenters. The van der Waals surface area contributed by atoms with Gasteiger partial charge in [-0.2, -0.15) is 0 Å². The highest BCUT2D eigenvalue weighted by atomic mass is 32.2. The zero-order chi connectivity index (χ0) is 18.6. The Morgan fingerprint density at radius 2 is 1.76 bits per heavy atom. The molecule has 0 spiro atoms. The van der Waals surface area contributed by atoms with Crippen LogP contribution in [-0.4, -0.2) is 20.6 Å². The third-order valence-electron chi connectivity index (χ3n) is 3.90. The summed E-state index contributed by atoms with van der Waals surface area (Å²) >= 11 is 0. The summed E-state index contributed by atoms with van der Waals surface area (Å²) in [5.74, 6) is -0.763. The van der Waals surface area contributed by atoms with Gasteiger partial charge in [0.05, 0.1) is 12.3 Å². The molecule has 2 aromatic rings. The summed E-state index contributed by atoms with van der Waals surface area (Å²) in [6.45, 7) is 3.84. The Morgan fingerprint density at radius 1 is 1.12 bits per heavy atom. The fraction of sp³-hybridized carbons (Fsp3) is 0.278. The minimum Gasteiger partial charge on any atom is -0.326 e. The van der Waals surface area contributed by atoms with Crippen LogP contribution in [-0.2, 0) is 14.8 Å². The van der Waals surface area contributed by atoms with Crippen LogP contribution in [0.5, 0.6) is 0 Å². The molecule has 0 heterocycles. The van der Waals surface area contributed by atoms with Crippen molar-refractivity contribution in [1.82, 2.24) is 4.72 Å². The third-order valence-corrected chi connectivity index (χ3v) is 4.61. The van der Waals surface area contributed by atoms with Crippen LogP contribution in [0.3, 0.4) is 0 Å². The van der Waals surface area contributed by atoms with Crippen molar-refractivity contribution in [3.63, 3.8) is 0 Å². The number of hydrogen-bond acceptors (Lipinski definition) is 3. The van der Waals surface area contributed by atoms with Crippen LogP contribution in [0.4, 0.5) is 10.1 Å². The van der Waals surface area contributed by atoms with Gasteiger partial charge in [0.25, 0.3) is 0 Å². The van der Waals surface area contributed by atoms with Crippen molar-refractivity contribution in [3.05, 3.63) is 65.0 Å². The number of benzene rings is 2. The number of carbonyl (C=O) groups is 1. The van der Waals surface area contributed by atoms with Crippen molar-refractivity contribution < 1.29 is 17.6 Å². The molecule has 0 unspecified atom stereocenters. The molecule has 0 bridgehead atoms. The fourth-order valence-corrected chi connectivity index (χ4v) is 3.19. The van der Waals surface area contributed by atoms with Crippen LogP contribution in [0.15, 0.2) is 42.5 Å². The second-order valence-electron chi connectivity index (χ2n) is 5.99. The van der Waals surface area contributed by atoms with Gasteiger partial charge < -0.3 is 5.32 Å². The van der Waals surface area contributed by atoms with Crippen LogP contribution < -0.4 is 10.0 Å². The molecule has 0 radical (unpaired) electrons. The molecule has 2 rings (SSSR count). The van der Waals surface area contributed by atoms with Crippen LogP contribution >= 0.6 is 0 Å². The lowest BCUT2D eigenvalue weighted by molar-refractivity contribution is -0.116. The standard InChI is InChI=1S/C18H21FN2O3S/c1-12-5-4-6-16(13(12)2)20-18(22)11-17(21-25(3,23)24)14-7-9-15(19)10-8-14/h4-10,17,21H,11H2,1-3H3,(H,20,22)/t17-/m0/s1. The highest BCUT2D eigenvalue weighted by Crippen LogP contribution is 2.22. The Bertz CT molecular complexity index is 864. The normalized spacial score (nSPS) is 12.6. The number of anilines is 1. The number of amides is 1. The smallest absolute Gasteiger partial charge is 0.226 e. The van der Waals surface area contributed by atoms with Crippen LogP contribution in [0.25, 0.3) is 0 Å². The second kappa shape index (κ2) is 7.76. The molecule has 2 aromatic carbocycles. The van der Waals surface area contributed by atoms with Gasteiger partial charge in [-0.25, -0.2) is 17.5 Å². The zero-order valence-corrected chi connectivity index (χ0v) is 15.2. The Kier molecular flexibility index (Phi) is 5.92. The Labute approximate surface area is 147 Å². The molecule has 0 fully saturated rings. The predicted molar refractivity (Wildman–Crippen MR) is 96.3 cm³/mol. The predicted octanol–water partition coefficient (Wildman–Crippen LogP) is 3.06. The van der Waals surface area contributed by atoms with Crippen molar-refractivity contribution >= 4 is 21.6 Å². The van der Waals surface area contributed by atoms with E-state index in [1.165, 1.54) is 24.3 Å². The molecule has 7 heteroatoms. The number of aryl methyl sites for hydroxylation is 1. The van der Waals surface area contributed by atoms with Gasteiger partial charge in [0.2, 0.25) is 15.9 Å². The summed E-state index contributed by atoms with van der Waals surface area (Å²) < 4.78 is 38.7. The summed E-state index contributed by atoms with van der Waals surface area (Å²) in [7, 11) is -3.54. The van der Waals surface area contributed by atoms with E-state index in [4.69, 9.17) is 0 Å². The van der Waals surface area contributed by atoms with Gasteiger partial charge >= 0.3 is 0 Å². The van der Waals surface area contributed by atoms with E-state index in [0.29, 0.717) is 11.3 Å². The minimum absolute atomic E-state index is 0.105. The maximum atomic E-state index is 13.1. The molecule has 0 aliphatic rings. The first-order valence-corrected chi connectivity index (χ1v) is 9.63. The number of carbonyl (C=O) groups excluding carboxylic acids is 1. The van der Waals surface area contributed by atoms with E-state index < -0.39 is 21.9 Å². The Balaban J connectivity index is 2.19. The largest absolute Gasteiger partial charge is 0.326 e. The number of hydrogen-bond donors (Lipinski definition) is 2. The highest BCUT2D eigenvalue weighted by Gasteiger charge is 2.20. The molecule has 2 N–H and O–H groups in total. The van der Waals surface area contributed by atoms with Gasteiger partial charge in [0.15, 0.2) is 0 Å². The molecule has 25 heavy (non-hydrogen) atoms. The molecule has 1 amide bonds. The summed E-state index contributed by atoms with van der Waals surface area (Å²) in [6, 6.07) is 10.2. The van der Waals surface area contributed by atoms with E-state index in [2.05, 4.69) is 10.0 Å². The Morgan fingerprint density at radius 3 is 2.36 bits per heavy atom. The molecular formula is C18H21FN2O3S. The van der Waals surface area contributed by atoms with Gasteiger partial charge in [-0.15, -0.1) is 0 Å². The SMILES string of the molecule is Cc1cccc(NC(=O)C[C@H](NS(C)(=O)=O)c2ccc(F)cc2)c1C. The number of sulfonamides is 1. The van der Waals surface area contributed by atoms with Crippen molar-refractivity contribution in [3.8, 4) is 0 Å². The first kappa shape index (κ1) is 19.1. The van der Waals surface area contributed by atoms with Crippen LogP contribution in [0.2, 0.25) is 0 Å². The monoisotopic (exact) mass is 364 g/mol. The maximum absolute atomic E-state index is 13.1. The lowest BCUT2D eigenvalue weighted by Gasteiger charge is -2.18. The van der Waals surface area contributed by atoms with Crippen molar-refractivity contribution in [2.24, 2.45) is 0 Å². The van der Waals surface area contributed by atoms with Crippen LogP contribution in [0.1, 0.15) is 29.2 Å². The summed E-state index contributed by atoms with van der Waals surface area (Å²) in [5.41, 5.74) is 3.19. The summed E-state index contributed by atoms with van der Waals surface area (Å²) in [4.78, 5) is 12.4. The first-order chi connectivity index (χ1) is 11.7. The van der Waals surface area contributed by atoms with Gasteiger partial charge in [0.1, 0.15) is 5.82 Å². The molecule has 0 aliphatic heterocycles. The molecule has 0 aliphatic carbocycles. The number of nitrogens with one attached hydrogen (secondary N) is 2. The third kappa shape index (κ3) is 5.65. The number of halogens is 1. The average Bonchev–Trinajstić information content (AvgIpc) is 2.50. The topological polar surface area (TPSA) is 75.3 Å². The molecular weight excluding hydrogens is 343 g/mol. The van der Waals surface area contributed by atoms with Gasteiger partial charge in [-0.1, -0.05) is 24.3 Å². The summed E-state index contributed by atoms with van der Waals surface area (Å²) in [5, 5.41) is 2.80. The summed E-state index contributed by atoms with van der Waals surface area (Å²) in [6.07, 6.45) is 0.915. The minimum atomic E-state index is -3.54. The number of rotatable bonds is 6. The van der Waals surface area contributed by atoms with Crippen molar-refractivity contribution in [2.45, 2.75) is 26.3 Å². The molecule has 0 aromatic heterocycles. The molecule has 0 saturated heterocycles. The van der Waals surface area contributed by atoms with E-state index in [9.17, 15) is 17.6 Å². The zero-order valence-electron chi connectivity index (χ0n) is 14.3. The average molecular weight is 364 g/mol. The van der Waals surface area contributed by atoms with E-state index in [-0.39, 0.29) is 12.3 Å². The van der Waals surface area contributed by atoms with Gasteiger partial charge in [-0.3, -0.25) is 4.79 Å². The van der Waals surface area contributed by atoms with Crippen LogP contribution in [0, 0.1) is 19.7 Å². The quantitative estimate of drug-likeness (QED) is 0.827. The van der Waals surface area contributed by atoms with E-state index in [1.54, 1.807) is 6.07 Å². The van der Waals surface area contributed by atoms with E-state index in [0.717, 1.165) is 17.4 Å². The van der Waals surface area contributed by atoms with Crippen molar-refractivity contribution in [2.75, 3.05) is 11.6 Å². The van der Waals surface area contributed by atoms with E-state index in [1.807, 2.05) is 26.0 Å². The lowest BCUT2D eigenvalue weighted by atomic mass is 10.0. The molecule has 0 saturated carbocycles. The molecule has 134 valence electrons. The van der Waals surface area contributed by atoms with Gasteiger partial charge in [0, 0.05) is 12.1 Å². The Hall–Kier alpha value is -2.25. The molecule has 5 nitrogen and oxygen atoms in total. The van der Waals surface area contributed by atoms with Crippen molar-refractivity contribution in [1.29, 1.82) is 0 Å². The fourth-order valence-electron chi connectivity index (χ4n) is 2.45. The van der Waals surface area contributed by atoms with E-state index >= 15 is 0 Å². The van der Waals surface area contributed by atoms with Gasteiger partial charge in [-0.05, 0) is 48.7 Å². The first-order valence-electron chi connectivity index (χ1n) is 7.74. The maximum Gasteiger partial charge on any atom is 0.226 e.